The Bertz CT molecular complexity index is 1170. The molecule has 1 amide bonds. The van der Waals surface area contributed by atoms with Gasteiger partial charge in [0, 0.05) is 36.6 Å². The fourth-order valence-electron chi connectivity index (χ4n) is 4.45. The van der Waals surface area contributed by atoms with Crippen molar-refractivity contribution in [2.45, 2.75) is 37.7 Å². The van der Waals surface area contributed by atoms with Crippen LogP contribution < -0.4 is 4.74 Å². The van der Waals surface area contributed by atoms with E-state index in [1.54, 1.807) is 14.0 Å². The van der Waals surface area contributed by atoms with Crippen molar-refractivity contribution in [3.8, 4) is 17.1 Å². The Hall–Kier alpha value is -3.68. The Labute approximate surface area is 192 Å². The van der Waals surface area contributed by atoms with Gasteiger partial charge in [-0.05, 0) is 31.9 Å². The highest BCUT2D eigenvalue weighted by Crippen LogP contribution is 2.34. The van der Waals surface area contributed by atoms with Crippen molar-refractivity contribution in [1.29, 1.82) is 0 Å². The van der Waals surface area contributed by atoms with Crippen LogP contribution in [0.4, 0.5) is 0 Å². The van der Waals surface area contributed by atoms with Crippen LogP contribution in [0.15, 0.2) is 64.3 Å². The van der Waals surface area contributed by atoms with Gasteiger partial charge < -0.3 is 19.0 Å². The topological polar surface area (TPSA) is 90.1 Å². The third kappa shape index (κ3) is 4.08. The van der Waals surface area contributed by atoms with Gasteiger partial charge in [0.25, 0.3) is 5.91 Å². The molecule has 5 rings (SSSR count). The normalized spacial score (nSPS) is 20.9. The van der Waals surface area contributed by atoms with Crippen molar-refractivity contribution in [2.24, 2.45) is 5.16 Å². The highest BCUT2D eigenvalue weighted by atomic mass is 16.7. The molecule has 2 aromatic carbocycles. The van der Waals surface area contributed by atoms with Crippen LogP contribution in [0.1, 0.15) is 43.6 Å². The van der Waals surface area contributed by atoms with Crippen LogP contribution >= 0.6 is 0 Å². The van der Waals surface area contributed by atoms with E-state index in [0.29, 0.717) is 37.0 Å². The molecule has 0 spiro atoms. The fraction of sp³-hybridized carbons (Fsp3) is 0.360. The van der Waals surface area contributed by atoms with Crippen LogP contribution in [0.5, 0.6) is 5.75 Å². The molecular weight excluding hydrogens is 420 g/mol. The average Bonchev–Trinajstić information content (AvgIpc) is 3.52. The lowest BCUT2D eigenvalue weighted by molar-refractivity contribution is -0.154. The van der Waals surface area contributed by atoms with E-state index in [1.807, 2.05) is 59.5 Å². The first kappa shape index (κ1) is 21.2. The first-order chi connectivity index (χ1) is 16.1. The maximum Gasteiger partial charge on any atom is 0.269 e. The molecule has 1 unspecified atom stereocenters. The summed E-state index contributed by atoms with van der Waals surface area (Å²) < 4.78 is 11.0. The molecule has 1 aromatic heterocycles. The summed E-state index contributed by atoms with van der Waals surface area (Å²) in [6.07, 6.45) is 1.92. The Kier molecular flexibility index (Phi) is 5.58. The first-order valence-corrected chi connectivity index (χ1v) is 11.1. The number of rotatable bonds is 5. The predicted octanol–water partition coefficient (Wildman–Crippen LogP) is 4.03. The maximum absolute atomic E-state index is 13.3. The zero-order valence-electron chi connectivity index (χ0n) is 18.7. The molecule has 2 aliphatic heterocycles. The van der Waals surface area contributed by atoms with Crippen LogP contribution in [-0.2, 0) is 9.63 Å². The summed E-state index contributed by atoms with van der Waals surface area (Å²) in [5.41, 5.74) is 1.48. The molecule has 1 fully saturated rings. The number of likely N-dealkylation sites (tertiary alicyclic amines) is 1. The summed E-state index contributed by atoms with van der Waals surface area (Å²) in [6.45, 7) is 3.02. The number of para-hydroxylation sites is 1. The van der Waals surface area contributed by atoms with E-state index < -0.39 is 5.60 Å². The molecule has 0 saturated carbocycles. The molecule has 0 bridgehead atoms. The minimum absolute atomic E-state index is 0.0508. The van der Waals surface area contributed by atoms with Gasteiger partial charge in [-0.1, -0.05) is 52.8 Å². The van der Waals surface area contributed by atoms with Crippen LogP contribution in [0.25, 0.3) is 11.4 Å². The zero-order chi connectivity index (χ0) is 22.8. The van der Waals surface area contributed by atoms with Gasteiger partial charge in [0.15, 0.2) is 0 Å². The molecule has 8 heteroatoms. The third-order valence-electron chi connectivity index (χ3n) is 6.34. The number of oxime groups is 1. The number of hydrogen-bond donors (Lipinski definition) is 0. The van der Waals surface area contributed by atoms with E-state index in [0.717, 1.165) is 29.7 Å². The minimum Gasteiger partial charge on any atom is -0.496 e. The standard InChI is InChI=1S/C25H26N4O4/c1-25(16-20(27-33-25)19-10-6-7-11-21(19)31-2)24(30)29-14-12-18(13-15-29)23-26-22(28-32-23)17-8-4-3-5-9-17/h3-11,18H,12-16H2,1-2H3. The number of aromatic nitrogens is 2. The first-order valence-electron chi connectivity index (χ1n) is 11.1. The number of carbonyl (C=O) groups is 1. The van der Waals surface area contributed by atoms with E-state index in [-0.39, 0.29) is 11.8 Å². The van der Waals surface area contributed by atoms with E-state index >= 15 is 0 Å². The number of hydrogen-bond acceptors (Lipinski definition) is 7. The lowest BCUT2D eigenvalue weighted by Gasteiger charge is -2.34. The van der Waals surface area contributed by atoms with Gasteiger partial charge in [0.2, 0.25) is 17.3 Å². The maximum atomic E-state index is 13.3. The summed E-state index contributed by atoms with van der Waals surface area (Å²) in [5.74, 6) is 2.02. The number of piperidine rings is 1. The van der Waals surface area contributed by atoms with Crippen molar-refractivity contribution < 1.29 is 18.9 Å². The van der Waals surface area contributed by atoms with Crippen molar-refractivity contribution in [2.75, 3.05) is 20.2 Å². The number of benzene rings is 2. The zero-order valence-corrected chi connectivity index (χ0v) is 18.7. The Morgan fingerprint density at radius 3 is 2.58 bits per heavy atom. The van der Waals surface area contributed by atoms with E-state index in [4.69, 9.17) is 14.1 Å². The van der Waals surface area contributed by atoms with Crippen molar-refractivity contribution in [1.82, 2.24) is 15.0 Å². The number of methoxy groups -OCH3 is 1. The molecule has 2 aliphatic rings. The van der Waals surface area contributed by atoms with Gasteiger partial charge in [-0.2, -0.15) is 4.98 Å². The van der Waals surface area contributed by atoms with Gasteiger partial charge in [-0.3, -0.25) is 4.79 Å². The summed E-state index contributed by atoms with van der Waals surface area (Å²) in [4.78, 5) is 25.5. The molecule has 8 nitrogen and oxygen atoms in total. The Balaban J connectivity index is 1.21. The highest BCUT2D eigenvalue weighted by molar-refractivity contribution is 6.07. The van der Waals surface area contributed by atoms with Gasteiger partial charge >= 0.3 is 0 Å². The molecule has 0 aliphatic carbocycles. The average molecular weight is 447 g/mol. The summed E-state index contributed by atoms with van der Waals surface area (Å²) in [6, 6.07) is 17.4. The largest absolute Gasteiger partial charge is 0.496 e. The predicted molar refractivity (Wildman–Crippen MR) is 122 cm³/mol. The number of carbonyl (C=O) groups excluding carboxylic acids is 1. The molecule has 33 heavy (non-hydrogen) atoms. The van der Waals surface area contributed by atoms with Crippen LogP contribution in [-0.4, -0.2) is 52.5 Å². The van der Waals surface area contributed by atoms with Gasteiger partial charge in [0.05, 0.1) is 12.8 Å². The smallest absolute Gasteiger partial charge is 0.269 e. The molecule has 0 N–H and O–H groups in total. The summed E-state index contributed by atoms with van der Waals surface area (Å²) in [7, 11) is 1.62. The van der Waals surface area contributed by atoms with E-state index in [9.17, 15) is 4.79 Å². The van der Waals surface area contributed by atoms with E-state index in [1.165, 1.54) is 0 Å². The SMILES string of the molecule is COc1ccccc1C1=NOC(C)(C(=O)N2CCC(c3nc(-c4ccccc4)no3)CC2)C1. The van der Waals surface area contributed by atoms with E-state index in [2.05, 4.69) is 15.3 Å². The molecule has 3 aromatic rings. The van der Waals surface area contributed by atoms with Gasteiger partial charge in [0.1, 0.15) is 5.75 Å². The second-order valence-electron chi connectivity index (χ2n) is 8.63. The second kappa shape index (κ2) is 8.69. The quantitative estimate of drug-likeness (QED) is 0.588. The van der Waals surface area contributed by atoms with Crippen LogP contribution in [0.2, 0.25) is 0 Å². The van der Waals surface area contributed by atoms with Gasteiger partial charge in [-0.15, -0.1) is 0 Å². The molecule has 1 atom stereocenters. The number of ether oxygens (including phenoxy) is 1. The van der Waals surface area contributed by atoms with Crippen LogP contribution in [0, 0.1) is 0 Å². The molecule has 1 saturated heterocycles. The van der Waals surface area contributed by atoms with Gasteiger partial charge in [-0.25, -0.2) is 0 Å². The fourth-order valence-corrected chi connectivity index (χ4v) is 4.45. The molecule has 0 radical (unpaired) electrons. The third-order valence-corrected chi connectivity index (χ3v) is 6.34. The number of amides is 1. The summed E-state index contributed by atoms with van der Waals surface area (Å²) >= 11 is 0. The Morgan fingerprint density at radius 2 is 1.82 bits per heavy atom. The lowest BCUT2D eigenvalue weighted by atomic mass is 9.91. The molecular formula is C25H26N4O4. The summed E-state index contributed by atoms with van der Waals surface area (Å²) in [5, 5.41) is 8.36. The van der Waals surface area contributed by atoms with Crippen molar-refractivity contribution in [3.05, 3.63) is 66.1 Å². The molecule has 3 heterocycles. The van der Waals surface area contributed by atoms with Crippen molar-refractivity contribution in [3.63, 3.8) is 0 Å². The highest BCUT2D eigenvalue weighted by Gasteiger charge is 2.46. The molecule has 170 valence electrons. The lowest BCUT2D eigenvalue weighted by Crippen LogP contribution is -2.49. The second-order valence-corrected chi connectivity index (χ2v) is 8.63. The number of nitrogens with zero attached hydrogens (tertiary/aromatic N) is 4. The monoisotopic (exact) mass is 446 g/mol. The van der Waals surface area contributed by atoms with Crippen molar-refractivity contribution >= 4 is 11.6 Å². The Morgan fingerprint density at radius 1 is 1.09 bits per heavy atom. The minimum atomic E-state index is -1.02. The van der Waals surface area contributed by atoms with Crippen LogP contribution in [0.3, 0.4) is 0 Å².